The molecule has 5 nitrogen and oxygen atoms in total. The van der Waals surface area contributed by atoms with E-state index in [-0.39, 0.29) is 11.6 Å². The highest BCUT2D eigenvalue weighted by Gasteiger charge is 2.21. The van der Waals surface area contributed by atoms with E-state index < -0.39 is 5.97 Å². The average Bonchev–Trinajstić information content (AvgIpc) is 2.76. The lowest BCUT2D eigenvalue weighted by Crippen LogP contribution is -2.10. The number of rotatable bonds is 4. The van der Waals surface area contributed by atoms with E-state index in [0.717, 1.165) is 5.56 Å². The van der Waals surface area contributed by atoms with Gasteiger partial charge >= 0.3 is 5.97 Å². The molecule has 0 saturated heterocycles. The third kappa shape index (κ3) is 2.93. The summed E-state index contributed by atoms with van der Waals surface area (Å²) in [7, 11) is 0. The highest BCUT2D eigenvalue weighted by Crippen LogP contribution is 2.19. The largest absolute Gasteiger partial charge is 0.476 e. The first kappa shape index (κ1) is 13.5. The Morgan fingerprint density at radius 3 is 2.53 bits per heavy atom. The molecule has 19 heavy (non-hydrogen) atoms. The van der Waals surface area contributed by atoms with Gasteiger partial charge in [0.1, 0.15) is 0 Å². The van der Waals surface area contributed by atoms with Gasteiger partial charge in [-0.3, -0.25) is 0 Å². The minimum absolute atomic E-state index is 0.0176. The van der Waals surface area contributed by atoms with Gasteiger partial charge in [0.05, 0.1) is 12.2 Å². The molecule has 0 radical (unpaired) electrons. The lowest BCUT2D eigenvalue weighted by atomic mass is 10.1. The molecule has 0 spiro atoms. The van der Waals surface area contributed by atoms with E-state index in [1.165, 1.54) is 0 Å². The number of benzene rings is 1. The van der Waals surface area contributed by atoms with Gasteiger partial charge in [-0.25, -0.2) is 9.48 Å². The van der Waals surface area contributed by atoms with E-state index in [4.69, 9.17) is 16.7 Å². The van der Waals surface area contributed by atoms with Crippen molar-refractivity contribution >= 4 is 17.6 Å². The summed E-state index contributed by atoms with van der Waals surface area (Å²) in [6, 6.07) is 7.35. The molecule has 1 N–H and O–H groups in total. The number of carboxylic acid groups (broad SMARTS) is 1. The Morgan fingerprint density at radius 2 is 2.00 bits per heavy atom. The zero-order valence-electron chi connectivity index (χ0n) is 10.7. The van der Waals surface area contributed by atoms with Crippen molar-refractivity contribution in [2.75, 3.05) is 0 Å². The van der Waals surface area contributed by atoms with Gasteiger partial charge in [0, 0.05) is 5.02 Å². The maximum Gasteiger partial charge on any atom is 0.358 e. The van der Waals surface area contributed by atoms with E-state index in [1.54, 1.807) is 16.8 Å². The van der Waals surface area contributed by atoms with Crippen molar-refractivity contribution in [1.29, 1.82) is 0 Å². The van der Waals surface area contributed by atoms with Crippen molar-refractivity contribution in [2.24, 2.45) is 0 Å². The quantitative estimate of drug-likeness (QED) is 0.934. The second kappa shape index (κ2) is 5.40. The van der Waals surface area contributed by atoms with Crippen molar-refractivity contribution in [3.8, 4) is 0 Å². The van der Waals surface area contributed by atoms with Gasteiger partial charge in [0.2, 0.25) is 0 Å². The fraction of sp³-hybridized carbons (Fsp3) is 0.308. The van der Waals surface area contributed by atoms with Gasteiger partial charge in [0.15, 0.2) is 5.69 Å². The molecule has 0 fully saturated rings. The first-order chi connectivity index (χ1) is 8.99. The third-order valence-electron chi connectivity index (χ3n) is 2.77. The molecule has 0 aliphatic rings. The zero-order valence-corrected chi connectivity index (χ0v) is 11.4. The Hall–Kier alpha value is -1.88. The molecule has 2 aromatic rings. The smallest absolute Gasteiger partial charge is 0.358 e. The van der Waals surface area contributed by atoms with Crippen LogP contribution >= 0.6 is 11.6 Å². The van der Waals surface area contributed by atoms with Crippen LogP contribution in [-0.4, -0.2) is 26.1 Å². The van der Waals surface area contributed by atoms with Crippen LogP contribution in [0, 0.1) is 0 Å². The molecule has 2 rings (SSSR count). The molecule has 0 amide bonds. The summed E-state index contributed by atoms with van der Waals surface area (Å²) in [4.78, 5) is 11.1. The lowest BCUT2D eigenvalue weighted by molar-refractivity contribution is 0.0688. The summed E-state index contributed by atoms with van der Waals surface area (Å²) in [5.74, 6) is -1.01. The maximum atomic E-state index is 11.1. The molecule has 0 atom stereocenters. The van der Waals surface area contributed by atoms with E-state index >= 15 is 0 Å². The third-order valence-corrected chi connectivity index (χ3v) is 3.02. The van der Waals surface area contributed by atoms with Crippen LogP contribution in [0.2, 0.25) is 5.02 Å². The summed E-state index contributed by atoms with van der Waals surface area (Å²) in [6.45, 7) is 4.32. The van der Waals surface area contributed by atoms with E-state index in [2.05, 4.69) is 10.3 Å². The summed E-state index contributed by atoms with van der Waals surface area (Å²) in [5.41, 5.74) is 1.64. The number of halogens is 1. The Kier molecular flexibility index (Phi) is 3.85. The SMILES string of the molecule is CC(C)c1c(C(=O)O)nnn1Cc1ccc(Cl)cc1. The van der Waals surface area contributed by atoms with Crippen molar-refractivity contribution < 1.29 is 9.90 Å². The van der Waals surface area contributed by atoms with Gasteiger partial charge in [-0.2, -0.15) is 0 Å². The van der Waals surface area contributed by atoms with Crippen molar-refractivity contribution in [2.45, 2.75) is 26.3 Å². The summed E-state index contributed by atoms with van der Waals surface area (Å²) >= 11 is 5.83. The van der Waals surface area contributed by atoms with Gasteiger partial charge < -0.3 is 5.11 Å². The molecule has 1 aromatic heterocycles. The number of aromatic nitrogens is 3. The van der Waals surface area contributed by atoms with Crippen molar-refractivity contribution in [1.82, 2.24) is 15.0 Å². The van der Waals surface area contributed by atoms with Gasteiger partial charge in [-0.05, 0) is 23.6 Å². The fourth-order valence-corrected chi connectivity index (χ4v) is 2.05. The Balaban J connectivity index is 2.35. The Morgan fingerprint density at radius 1 is 1.37 bits per heavy atom. The van der Waals surface area contributed by atoms with Crippen LogP contribution in [-0.2, 0) is 6.54 Å². The summed E-state index contributed by atoms with van der Waals surface area (Å²) < 4.78 is 1.62. The lowest BCUT2D eigenvalue weighted by Gasteiger charge is -2.10. The van der Waals surface area contributed by atoms with Gasteiger partial charge in [0.25, 0.3) is 0 Å². The number of nitrogens with zero attached hydrogens (tertiary/aromatic N) is 3. The predicted octanol–water partition coefficient (Wildman–Crippen LogP) is 2.80. The molecule has 0 aliphatic heterocycles. The van der Waals surface area contributed by atoms with Crippen molar-refractivity contribution in [3.05, 3.63) is 46.2 Å². The van der Waals surface area contributed by atoms with Crippen LogP contribution in [0.5, 0.6) is 0 Å². The molecule has 1 heterocycles. The van der Waals surface area contributed by atoms with Crippen LogP contribution in [0.4, 0.5) is 0 Å². The molecule has 0 saturated carbocycles. The van der Waals surface area contributed by atoms with E-state index in [0.29, 0.717) is 17.3 Å². The number of hydrogen-bond acceptors (Lipinski definition) is 3. The molecule has 1 aromatic carbocycles. The predicted molar refractivity (Wildman–Crippen MR) is 71.6 cm³/mol. The molecule has 100 valence electrons. The van der Waals surface area contributed by atoms with Gasteiger partial charge in [-0.15, -0.1) is 5.10 Å². The summed E-state index contributed by atoms with van der Waals surface area (Å²) in [5, 5.41) is 17.4. The van der Waals surface area contributed by atoms with Crippen LogP contribution in [0.15, 0.2) is 24.3 Å². The zero-order chi connectivity index (χ0) is 14.0. The average molecular weight is 280 g/mol. The molecule has 0 bridgehead atoms. The molecule has 0 unspecified atom stereocenters. The number of hydrogen-bond donors (Lipinski definition) is 1. The number of carboxylic acids is 1. The topological polar surface area (TPSA) is 68.0 Å². The monoisotopic (exact) mass is 279 g/mol. The highest BCUT2D eigenvalue weighted by atomic mass is 35.5. The molecule has 6 heteroatoms. The highest BCUT2D eigenvalue weighted by molar-refractivity contribution is 6.30. The van der Waals surface area contributed by atoms with Crippen LogP contribution in [0.25, 0.3) is 0 Å². The maximum absolute atomic E-state index is 11.1. The fourth-order valence-electron chi connectivity index (χ4n) is 1.92. The van der Waals surface area contributed by atoms with E-state index in [1.807, 2.05) is 26.0 Å². The van der Waals surface area contributed by atoms with Crippen molar-refractivity contribution in [3.63, 3.8) is 0 Å². The van der Waals surface area contributed by atoms with E-state index in [9.17, 15) is 4.79 Å². The molecular formula is C13H14ClN3O2. The first-order valence-electron chi connectivity index (χ1n) is 5.90. The standard InChI is InChI=1S/C13H14ClN3O2/c1-8(2)12-11(13(18)19)15-16-17(12)7-9-3-5-10(14)6-4-9/h3-6,8H,7H2,1-2H3,(H,18,19). The number of aromatic carboxylic acids is 1. The number of carbonyl (C=O) groups is 1. The minimum Gasteiger partial charge on any atom is -0.476 e. The second-order valence-corrected chi connectivity index (χ2v) is 5.00. The second-order valence-electron chi connectivity index (χ2n) is 4.57. The Labute approximate surface area is 115 Å². The van der Waals surface area contributed by atoms with Crippen LogP contribution < -0.4 is 0 Å². The first-order valence-corrected chi connectivity index (χ1v) is 6.28. The van der Waals surface area contributed by atoms with Crippen LogP contribution in [0.1, 0.15) is 41.5 Å². The minimum atomic E-state index is -1.05. The molecule has 0 aliphatic carbocycles. The Bertz CT molecular complexity index is 590. The van der Waals surface area contributed by atoms with Gasteiger partial charge in [-0.1, -0.05) is 42.8 Å². The van der Waals surface area contributed by atoms with Crippen LogP contribution in [0.3, 0.4) is 0 Å². The molecular weight excluding hydrogens is 266 g/mol. The normalized spacial score (nSPS) is 10.9. The summed E-state index contributed by atoms with van der Waals surface area (Å²) in [6.07, 6.45) is 0.